The fourth-order valence-electron chi connectivity index (χ4n) is 2.19. The Balaban J connectivity index is 1.76. The Morgan fingerprint density at radius 3 is 2.80 bits per heavy atom. The first-order chi connectivity index (χ1) is 9.54. The lowest BCUT2D eigenvalue weighted by molar-refractivity contribution is 0.0170. The van der Waals surface area contributed by atoms with Crippen LogP contribution in [0.5, 0.6) is 5.75 Å². The number of hydrogen-bond acceptors (Lipinski definition) is 3. The summed E-state index contributed by atoms with van der Waals surface area (Å²) in [5.74, 6) is -1.12. The maximum absolute atomic E-state index is 13.4. The molecule has 0 amide bonds. The third kappa shape index (κ3) is 4.42. The molecular weight excluding hydrogens is 264 g/mol. The van der Waals surface area contributed by atoms with Crippen molar-refractivity contribution in [3.63, 3.8) is 0 Å². The summed E-state index contributed by atoms with van der Waals surface area (Å²) >= 11 is 0. The number of nitrogens with one attached hydrogen (secondary N) is 1. The molecule has 5 heteroatoms. The molecule has 0 bridgehead atoms. The van der Waals surface area contributed by atoms with Gasteiger partial charge in [0.25, 0.3) is 0 Å². The van der Waals surface area contributed by atoms with E-state index in [1.807, 2.05) is 0 Å². The molecule has 0 spiro atoms. The highest BCUT2D eigenvalue weighted by Crippen LogP contribution is 2.22. The van der Waals surface area contributed by atoms with Crippen LogP contribution >= 0.6 is 0 Å². The number of halogens is 2. The maximum Gasteiger partial charge on any atom is 0.165 e. The smallest absolute Gasteiger partial charge is 0.165 e. The van der Waals surface area contributed by atoms with Gasteiger partial charge in [0.1, 0.15) is 12.4 Å². The monoisotopic (exact) mass is 285 g/mol. The van der Waals surface area contributed by atoms with E-state index in [4.69, 9.17) is 9.47 Å². The van der Waals surface area contributed by atoms with Gasteiger partial charge in [-0.25, -0.2) is 8.78 Å². The predicted octanol–water partition coefficient (Wildman–Crippen LogP) is 2.89. The molecule has 2 atom stereocenters. The van der Waals surface area contributed by atoms with E-state index in [1.54, 1.807) is 0 Å². The van der Waals surface area contributed by atoms with Crippen LogP contribution in [-0.2, 0) is 4.74 Å². The Labute approximate surface area is 118 Å². The third-order valence-corrected chi connectivity index (χ3v) is 3.27. The number of benzene rings is 1. The van der Waals surface area contributed by atoms with Crippen LogP contribution in [0.1, 0.15) is 26.7 Å². The Hall–Kier alpha value is -1.20. The summed E-state index contributed by atoms with van der Waals surface area (Å²) in [5, 5.41) is 3.32. The van der Waals surface area contributed by atoms with Crippen molar-refractivity contribution in [2.45, 2.75) is 44.9 Å². The van der Waals surface area contributed by atoms with Crippen molar-refractivity contribution in [2.75, 3.05) is 13.2 Å². The van der Waals surface area contributed by atoms with Crippen LogP contribution in [0.25, 0.3) is 0 Å². The van der Waals surface area contributed by atoms with Gasteiger partial charge in [-0.1, -0.05) is 13.8 Å². The van der Waals surface area contributed by atoms with Crippen LogP contribution < -0.4 is 10.1 Å². The lowest BCUT2D eigenvalue weighted by Crippen LogP contribution is -2.32. The zero-order valence-electron chi connectivity index (χ0n) is 11.9. The number of hydrogen-bond donors (Lipinski definition) is 1. The molecule has 2 unspecified atom stereocenters. The minimum absolute atomic E-state index is 0.0580. The fraction of sp³-hybridized carbons (Fsp3) is 0.600. The lowest BCUT2D eigenvalue weighted by atomic mass is 10.2. The van der Waals surface area contributed by atoms with Gasteiger partial charge in [-0.05, 0) is 25.0 Å². The molecule has 0 aromatic heterocycles. The van der Waals surface area contributed by atoms with Crippen molar-refractivity contribution in [3.05, 3.63) is 29.8 Å². The largest absolute Gasteiger partial charge is 0.488 e. The Morgan fingerprint density at radius 1 is 1.30 bits per heavy atom. The molecule has 1 N–H and O–H groups in total. The van der Waals surface area contributed by atoms with Gasteiger partial charge in [0.2, 0.25) is 0 Å². The molecule has 2 rings (SSSR count). The van der Waals surface area contributed by atoms with Crippen molar-refractivity contribution >= 4 is 0 Å². The van der Waals surface area contributed by atoms with Crippen molar-refractivity contribution < 1.29 is 18.3 Å². The first-order valence-electron chi connectivity index (χ1n) is 7.01. The molecule has 1 fully saturated rings. The van der Waals surface area contributed by atoms with Gasteiger partial charge in [-0.2, -0.15) is 0 Å². The van der Waals surface area contributed by atoms with Gasteiger partial charge < -0.3 is 14.8 Å². The van der Waals surface area contributed by atoms with E-state index < -0.39 is 11.6 Å². The van der Waals surface area contributed by atoms with E-state index in [0.717, 1.165) is 37.6 Å². The molecule has 1 aromatic carbocycles. The van der Waals surface area contributed by atoms with Gasteiger partial charge in [-0.15, -0.1) is 0 Å². The third-order valence-electron chi connectivity index (χ3n) is 3.27. The summed E-state index contributed by atoms with van der Waals surface area (Å²) < 4.78 is 37.5. The van der Waals surface area contributed by atoms with Crippen LogP contribution in [0.4, 0.5) is 8.78 Å². The van der Waals surface area contributed by atoms with Crippen LogP contribution in [0.3, 0.4) is 0 Å². The molecule has 1 heterocycles. The average molecular weight is 285 g/mol. The zero-order valence-corrected chi connectivity index (χ0v) is 11.9. The predicted molar refractivity (Wildman–Crippen MR) is 72.9 cm³/mol. The normalized spacial score (nSPS) is 22.4. The minimum Gasteiger partial charge on any atom is -0.488 e. The molecule has 1 aliphatic heterocycles. The molecule has 1 aromatic rings. The van der Waals surface area contributed by atoms with Gasteiger partial charge in [0.05, 0.1) is 12.2 Å². The maximum atomic E-state index is 13.4. The highest BCUT2D eigenvalue weighted by Gasteiger charge is 2.25. The summed E-state index contributed by atoms with van der Waals surface area (Å²) in [6.07, 6.45) is 1.95. The van der Waals surface area contributed by atoms with Gasteiger partial charge in [0.15, 0.2) is 11.6 Å². The topological polar surface area (TPSA) is 30.5 Å². The number of ether oxygens (including phenoxy) is 2. The van der Waals surface area contributed by atoms with Crippen LogP contribution in [0.15, 0.2) is 18.2 Å². The fourth-order valence-corrected chi connectivity index (χ4v) is 2.19. The van der Waals surface area contributed by atoms with E-state index in [0.29, 0.717) is 6.04 Å². The molecule has 0 radical (unpaired) electrons. The molecule has 1 aliphatic rings. The molecule has 1 saturated heterocycles. The summed E-state index contributed by atoms with van der Waals surface area (Å²) in [6, 6.07) is 3.62. The summed E-state index contributed by atoms with van der Waals surface area (Å²) in [6.45, 7) is 5.23. The SMILES string of the molecule is CC(C)NCC1CCC(COc2cc(F)ccc2F)O1. The summed E-state index contributed by atoms with van der Waals surface area (Å²) in [5.41, 5.74) is 0. The first-order valence-corrected chi connectivity index (χ1v) is 7.01. The van der Waals surface area contributed by atoms with Gasteiger partial charge >= 0.3 is 0 Å². The van der Waals surface area contributed by atoms with Crippen molar-refractivity contribution in [1.29, 1.82) is 0 Å². The zero-order chi connectivity index (χ0) is 14.5. The summed E-state index contributed by atoms with van der Waals surface area (Å²) in [7, 11) is 0. The highest BCUT2D eigenvalue weighted by molar-refractivity contribution is 5.24. The van der Waals surface area contributed by atoms with Crippen molar-refractivity contribution in [1.82, 2.24) is 5.32 Å². The second kappa shape index (κ2) is 6.99. The van der Waals surface area contributed by atoms with Gasteiger partial charge in [0, 0.05) is 18.7 Å². The van der Waals surface area contributed by atoms with E-state index in [2.05, 4.69) is 19.2 Å². The van der Waals surface area contributed by atoms with Crippen molar-refractivity contribution in [2.24, 2.45) is 0 Å². The van der Waals surface area contributed by atoms with Crippen molar-refractivity contribution in [3.8, 4) is 5.75 Å². The second-order valence-electron chi connectivity index (χ2n) is 5.41. The van der Waals surface area contributed by atoms with Crippen LogP contribution in [-0.4, -0.2) is 31.4 Å². The Kier molecular flexibility index (Phi) is 5.31. The number of rotatable bonds is 6. The quantitative estimate of drug-likeness (QED) is 0.872. The molecule has 0 saturated carbocycles. The average Bonchev–Trinajstić information content (AvgIpc) is 2.85. The molecule has 0 aliphatic carbocycles. The molecule has 3 nitrogen and oxygen atoms in total. The lowest BCUT2D eigenvalue weighted by Gasteiger charge is -2.16. The Morgan fingerprint density at radius 2 is 2.05 bits per heavy atom. The Bertz CT molecular complexity index is 440. The van der Waals surface area contributed by atoms with E-state index in [9.17, 15) is 8.78 Å². The van der Waals surface area contributed by atoms with Gasteiger partial charge in [-0.3, -0.25) is 0 Å². The molecule has 112 valence electrons. The molecule has 20 heavy (non-hydrogen) atoms. The summed E-state index contributed by atoms with van der Waals surface area (Å²) in [4.78, 5) is 0. The highest BCUT2D eigenvalue weighted by atomic mass is 19.1. The van der Waals surface area contributed by atoms with E-state index >= 15 is 0 Å². The van der Waals surface area contributed by atoms with E-state index in [1.165, 1.54) is 0 Å². The first kappa shape index (κ1) is 15.2. The van der Waals surface area contributed by atoms with E-state index in [-0.39, 0.29) is 24.6 Å². The van der Waals surface area contributed by atoms with Crippen LogP contribution in [0, 0.1) is 11.6 Å². The van der Waals surface area contributed by atoms with Crippen LogP contribution in [0.2, 0.25) is 0 Å². The second-order valence-corrected chi connectivity index (χ2v) is 5.41. The standard InChI is InChI=1S/C15H21F2NO2/c1-10(2)18-8-12-4-5-13(20-12)9-19-15-7-11(16)3-6-14(15)17/h3,6-7,10,12-13,18H,4-5,8-9H2,1-2H3. The molecular formula is C15H21F2NO2. The minimum atomic E-state index is -0.553.